The summed E-state index contributed by atoms with van der Waals surface area (Å²) >= 11 is 0. The molecule has 0 saturated carbocycles. The Morgan fingerprint density at radius 2 is 2.12 bits per heavy atom. The lowest BCUT2D eigenvalue weighted by Crippen LogP contribution is -2.47. The summed E-state index contributed by atoms with van der Waals surface area (Å²) in [6.07, 6.45) is -0.431. The van der Waals surface area contributed by atoms with Gasteiger partial charge in [-0.2, -0.15) is 0 Å². The average molecular weight is 227 g/mol. The third-order valence-electron chi connectivity index (χ3n) is 2.65. The maximum Gasteiger partial charge on any atom is 0.129 e. The lowest BCUT2D eigenvalue weighted by Gasteiger charge is -2.36. The van der Waals surface area contributed by atoms with E-state index in [9.17, 15) is 8.78 Å². The van der Waals surface area contributed by atoms with Crippen LogP contribution < -0.4 is 5.32 Å². The highest BCUT2D eigenvalue weighted by atomic mass is 19.1. The molecule has 1 aliphatic heterocycles. The first-order valence-electron chi connectivity index (χ1n) is 5.31. The van der Waals surface area contributed by atoms with Gasteiger partial charge in [-0.05, 0) is 32.0 Å². The van der Waals surface area contributed by atoms with Crippen molar-refractivity contribution in [3.05, 3.63) is 35.4 Å². The van der Waals surface area contributed by atoms with Crippen molar-refractivity contribution in [2.45, 2.75) is 25.6 Å². The van der Waals surface area contributed by atoms with Crippen molar-refractivity contribution in [3.8, 4) is 0 Å². The molecule has 0 aromatic heterocycles. The molecule has 1 saturated heterocycles. The second-order valence-corrected chi connectivity index (χ2v) is 4.66. The van der Waals surface area contributed by atoms with Gasteiger partial charge in [-0.3, -0.25) is 0 Å². The van der Waals surface area contributed by atoms with E-state index in [0.29, 0.717) is 13.1 Å². The fraction of sp³-hybridized carbons (Fsp3) is 0.500. The molecule has 0 amide bonds. The predicted octanol–water partition coefficient (Wildman–Crippen LogP) is 2.40. The Kier molecular flexibility index (Phi) is 2.95. The molecule has 0 radical (unpaired) electrons. The quantitative estimate of drug-likeness (QED) is 0.795. The van der Waals surface area contributed by atoms with Gasteiger partial charge in [0, 0.05) is 18.7 Å². The molecule has 1 aromatic rings. The van der Waals surface area contributed by atoms with Crippen LogP contribution in [0.2, 0.25) is 0 Å². The SMILES string of the molecule is CC1(C)CNCC(c2cc(F)ccc2F)O1. The highest BCUT2D eigenvalue weighted by Gasteiger charge is 2.30. The van der Waals surface area contributed by atoms with Crippen molar-refractivity contribution in [2.24, 2.45) is 0 Å². The summed E-state index contributed by atoms with van der Waals surface area (Å²) in [5.74, 6) is -0.866. The van der Waals surface area contributed by atoms with Gasteiger partial charge < -0.3 is 10.1 Å². The van der Waals surface area contributed by atoms with E-state index in [1.807, 2.05) is 13.8 Å². The maximum atomic E-state index is 13.5. The van der Waals surface area contributed by atoms with Crippen molar-refractivity contribution in [3.63, 3.8) is 0 Å². The van der Waals surface area contributed by atoms with Gasteiger partial charge in [-0.25, -0.2) is 8.78 Å². The van der Waals surface area contributed by atoms with Crippen molar-refractivity contribution in [2.75, 3.05) is 13.1 Å². The van der Waals surface area contributed by atoms with Crippen LogP contribution in [0.4, 0.5) is 8.78 Å². The number of halogens is 2. The number of rotatable bonds is 1. The fourth-order valence-corrected chi connectivity index (χ4v) is 1.91. The lowest BCUT2D eigenvalue weighted by molar-refractivity contribution is -0.0971. The molecule has 1 fully saturated rings. The van der Waals surface area contributed by atoms with E-state index in [1.54, 1.807) is 0 Å². The molecule has 4 heteroatoms. The van der Waals surface area contributed by atoms with Gasteiger partial charge in [0.1, 0.15) is 11.6 Å². The van der Waals surface area contributed by atoms with Crippen molar-refractivity contribution < 1.29 is 13.5 Å². The minimum absolute atomic E-state index is 0.278. The summed E-state index contributed by atoms with van der Waals surface area (Å²) in [6, 6.07) is 3.44. The zero-order chi connectivity index (χ0) is 11.8. The number of hydrogen-bond acceptors (Lipinski definition) is 2. The molecule has 2 rings (SSSR count). The molecule has 16 heavy (non-hydrogen) atoms. The minimum atomic E-state index is -0.441. The Balaban J connectivity index is 2.26. The van der Waals surface area contributed by atoms with Gasteiger partial charge in [-0.1, -0.05) is 0 Å². The van der Waals surface area contributed by atoms with E-state index in [0.717, 1.165) is 12.1 Å². The van der Waals surface area contributed by atoms with Gasteiger partial charge in [-0.15, -0.1) is 0 Å². The first-order chi connectivity index (χ1) is 7.48. The summed E-state index contributed by atoms with van der Waals surface area (Å²) in [7, 11) is 0. The Bertz CT molecular complexity index is 393. The largest absolute Gasteiger partial charge is 0.365 e. The minimum Gasteiger partial charge on any atom is -0.365 e. The molecule has 0 spiro atoms. The third-order valence-corrected chi connectivity index (χ3v) is 2.65. The third kappa shape index (κ3) is 2.39. The van der Waals surface area contributed by atoms with Crippen LogP contribution in [0.1, 0.15) is 25.5 Å². The Labute approximate surface area is 93.6 Å². The molecule has 1 atom stereocenters. The van der Waals surface area contributed by atoms with E-state index in [2.05, 4.69) is 5.32 Å². The summed E-state index contributed by atoms with van der Waals surface area (Å²) in [4.78, 5) is 0. The van der Waals surface area contributed by atoms with Crippen LogP contribution >= 0.6 is 0 Å². The monoisotopic (exact) mass is 227 g/mol. The molecule has 0 bridgehead atoms. The van der Waals surface area contributed by atoms with Crippen LogP contribution in [0, 0.1) is 11.6 Å². The van der Waals surface area contributed by atoms with Crippen molar-refractivity contribution in [1.29, 1.82) is 0 Å². The first-order valence-corrected chi connectivity index (χ1v) is 5.31. The zero-order valence-electron chi connectivity index (χ0n) is 9.39. The highest BCUT2D eigenvalue weighted by Crippen LogP contribution is 2.28. The number of benzene rings is 1. The predicted molar refractivity (Wildman–Crippen MR) is 57.1 cm³/mol. The van der Waals surface area contributed by atoms with E-state index in [-0.39, 0.29) is 11.2 Å². The summed E-state index contributed by atoms with van der Waals surface area (Å²) in [5.41, 5.74) is -0.0814. The van der Waals surface area contributed by atoms with Gasteiger partial charge in [0.05, 0.1) is 11.7 Å². The van der Waals surface area contributed by atoms with Crippen LogP contribution in [0.25, 0.3) is 0 Å². The van der Waals surface area contributed by atoms with E-state index >= 15 is 0 Å². The van der Waals surface area contributed by atoms with Gasteiger partial charge in [0.25, 0.3) is 0 Å². The average Bonchev–Trinajstić information content (AvgIpc) is 2.20. The molecular weight excluding hydrogens is 212 g/mol. The molecule has 0 aliphatic carbocycles. The Morgan fingerprint density at radius 1 is 1.38 bits per heavy atom. The maximum absolute atomic E-state index is 13.5. The normalized spacial score (nSPS) is 24.4. The molecular formula is C12H15F2NO. The zero-order valence-corrected chi connectivity index (χ0v) is 9.39. The first kappa shape index (κ1) is 11.5. The molecule has 1 aliphatic rings. The summed E-state index contributed by atoms with van der Waals surface area (Å²) in [6.45, 7) is 5.05. The summed E-state index contributed by atoms with van der Waals surface area (Å²) < 4.78 is 32.3. The number of ether oxygens (including phenoxy) is 1. The van der Waals surface area contributed by atoms with Crippen LogP contribution in [0.5, 0.6) is 0 Å². The van der Waals surface area contributed by atoms with E-state index < -0.39 is 17.7 Å². The Hall–Kier alpha value is -1.00. The van der Waals surface area contributed by atoms with Gasteiger partial charge in [0.2, 0.25) is 0 Å². The van der Waals surface area contributed by atoms with Crippen LogP contribution in [-0.2, 0) is 4.74 Å². The number of nitrogens with one attached hydrogen (secondary N) is 1. The number of morpholine rings is 1. The molecule has 1 heterocycles. The van der Waals surface area contributed by atoms with Crippen LogP contribution in [0.15, 0.2) is 18.2 Å². The smallest absolute Gasteiger partial charge is 0.129 e. The fourth-order valence-electron chi connectivity index (χ4n) is 1.91. The topological polar surface area (TPSA) is 21.3 Å². The van der Waals surface area contributed by atoms with Crippen molar-refractivity contribution in [1.82, 2.24) is 5.32 Å². The molecule has 1 N–H and O–H groups in total. The second kappa shape index (κ2) is 4.11. The molecule has 88 valence electrons. The van der Waals surface area contributed by atoms with Crippen LogP contribution in [-0.4, -0.2) is 18.7 Å². The number of hydrogen-bond donors (Lipinski definition) is 1. The van der Waals surface area contributed by atoms with E-state index in [1.165, 1.54) is 6.07 Å². The van der Waals surface area contributed by atoms with E-state index in [4.69, 9.17) is 4.74 Å². The standard InChI is InChI=1S/C12H15F2NO/c1-12(2)7-15-6-11(16-12)9-5-8(13)3-4-10(9)14/h3-5,11,15H,6-7H2,1-2H3. The lowest BCUT2D eigenvalue weighted by atomic mass is 10.0. The molecule has 1 unspecified atom stereocenters. The van der Waals surface area contributed by atoms with Crippen molar-refractivity contribution >= 4 is 0 Å². The van der Waals surface area contributed by atoms with Gasteiger partial charge in [0.15, 0.2) is 0 Å². The van der Waals surface area contributed by atoms with Crippen LogP contribution in [0.3, 0.4) is 0 Å². The summed E-state index contributed by atoms with van der Waals surface area (Å²) in [5, 5.41) is 3.16. The van der Waals surface area contributed by atoms with Gasteiger partial charge >= 0.3 is 0 Å². The molecule has 2 nitrogen and oxygen atoms in total. The highest BCUT2D eigenvalue weighted by molar-refractivity contribution is 5.22. The molecule has 1 aromatic carbocycles. The second-order valence-electron chi connectivity index (χ2n) is 4.66. The Morgan fingerprint density at radius 3 is 2.81 bits per heavy atom.